The number of hydrogen-bond acceptors (Lipinski definition) is 8. The zero-order valence-corrected chi connectivity index (χ0v) is 30.7. The molecule has 282 valence electrons. The van der Waals surface area contributed by atoms with Crippen LogP contribution in [0.3, 0.4) is 0 Å². The maximum absolute atomic E-state index is 14.0. The van der Waals surface area contributed by atoms with Gasteiger partial charge >= 0.3 is 5.97 Å². The first-order chi connectivity index (χ1) is 24.6. The molecule has 0 saturated heterocycles. The van der Waals surface area contributed by atoms with E-state index in [4.69, 9.17) is 20.9 Å². The number of aliphatic carboxylic acids is 1. The Morgan fingerprint density at radius 1 is 0.804 bits per heavy atom. The highest BCUT2D eigenvalue weighted by atomic mass is 16.5. The van der Waals surface area contributed by atoms with Gasteiger partial charge in [-0.25, -0.2) is 4.79 Å². The molecule has 4 bridgehead atoms. The first-order valence-corrected chi connectivity index (χ1v) is 18.6. The van der Waals surface area contributed by atoms with Crippen LogP contribution in [0.25, 0.3) is 11.1 Å². The van der Waals surface area contributed by atoms with Gasteiger partial charge in [-0.05, 0) is 48.7 Å². The van der Waals surface area contributed by atoms with Crippen molar-refractivity contribution in [1.29, 1.82) is 0 Å². The van der Waals surface area contributed by atoms with Gasteiger partial charge < -0.3 is 41.6 Å². The molecule has 51 heavy (non-hydrogen) atoms. The zero-order valence-electron chi connectivity index (χ0n) is 30.7. The molecule has 2 aromatic rings. The highest BCUT2D eigenvalue weighted by molar-refractivity contribution is 5.94. The van der Waals surface area contributed by atoms with E-state index in [0.29, 0.717) is 40.2 Å². The largest absolute Gasteiger partial charge is 0.492 e. The molecule has 0 aromatic heterocycles. The quantitative estimate of drug-likeness (QED) is 0.120. The van der Waals surface area contributed by atoms with Crippen molar-refractivity contribution in [2.75, 3.05) is 33.4 Å². The minimum Gasteiger partial charge on any atom is -0.492 e. The highest BCUT2D eigenvalue weighted by Crippen LogP contribution is 2.40. The molecule has 3 rings (SSSR count). The summed E-state index contributed by atoms with van der Waals surface area (Å²) < 4.78 is 12.0. The Kier molecular flexibility index (Phi) is 17.7. The Balaban J connectivity index is 1.94. The van der Waals surface area contributed by atoms with Gasteiger partial charge in [-0.15, -0.1) is 0 Å². The Labute approximate surface area is 303 Å². The van der Waals surface area contributed by atoms with Gasteiger partial charge in [-0.2, -0.15) is 0 Å². The lowest BCUT2D eigenvalue weighted by Gasteiger charge is -2.30. The molecule has 0 saturated carbocycles. The molecule has 0 aliphatic carbocycles. The second-order valence-electron chi connectivity index (χ2n) is 13.4. The van der Waals surface area contributed by atoms with Crippen LogP contribution in [0.4, 0.5) is 0 Å². The van der Waals surface area contributed by atoms with Crippen LogP contribution in [-0.2, 0) is 25.6 Å². The molecule has 1 heterocycles. The maximum Gasteiger partial charge on any atom is 0.326 e. The predicted molar refractivity (Wildman–Crippen MR) is 198 cm³/mol. The Morgan fingerprint density at radius 3 is 1.92 bits per heavy atom. The van der Waals surface area contributed by atoms with Gasteiger partial charge in [0.25, 0.3) is 0 Å². The summed E-state index contributed by atoms with van der Waals surface area (Å²) in [4.78, 5) is 54.5. The Morgan fingerprint density at radius 2 is 1.35 bits per heavy atom. The number of rotatable bonds is 20. The summed E-state index contributed by atoms with van der Waals surface area (Å²) in [5, 5.41) is 15.3. The number of benzene rings is 2. The van der Waals surface area contributed by atoms with Crippen LogP contribution in [-0.4, -0.2) is 79.1 Å². The number of ether oxygens (including phenoxy) is 2. The lowest BCUT2D eigenvalue weighted by Crippen LogP contribution is -2.53. The molecule has 12 nitrogen and oxygen atoms in total. The van der Waals surface area contributed by atoms with Crippen LogP contribution < -0.4 is 31.6 Å². The first kappa shape index (κ1) is 41.3. The topological polar surface area (TPSA) is 186 Å². The van der Waals surface area contributed by atoms with Gasteiger partial charge in [0.05, 0.1) is 0 Å². The number of carboxylic acid groups (broad SMARTS) is 1. The molecule has 7 N–H and O–H groups in total. The average molecular weight is 710 g/mol. The van der Waals surface area contributed by atoms with E-state index in [9.17, 15) is 24.3 Å². The molecular weight excluding hydrogens is 650 g/mol. The van der Waals surface area contributed by atoms with Crippen LogP contribution in [0.15, 0.2) is 36.4 Å². The Hall–Kier alpha value is -4.16. The van der Waals surface area contributed by atoms with Crippen molar-refractivity contribution < 1.29 is 33.8 Å². The lowest BCUT2D eigenvalue weighted by molar-refractivity contribution is -0.143. The van der Waals surface area contributed by atoms with Crippen molar-refractivity contribution in [3.8, 4) is 22.6 Å². The molecule has 0 spiro atoms. The fourth-order valence-corrected chi connectivity index (χ4v) is 6.33. The van der Waals surface area contributed by atoms with Crippen molar-refractivity contribution in [3.63, 3.8) is 0 Å². The number of carbonyl (C=O) groups excluding carboxylic acids is 3. The molecule has 3 amide bonds. The van der Waals surface area contributed by atoms with Gasteiger partial charge in [0, 0.05) is 44.1 Å². The van der Waals surface area contributed by atoms with Crippen LogP contribution >= 0.6 is 0 Å². The number of unbranched alkanes of at least 4 members (excludes halogenated alkanes) is 10. The van der Waals surface area contributed by atoms with E-state index in [1.54, 1.807) is 43.4 Å². The van der Waals surface area contributed by atoms with Gasteiger partial charge in [0.2, 0.25) is 17.7 Å². The second-order valence-corrected chi connectivity index (χ2v) is 13.4. The van der Waals surface area contributed by atoms with E-state index in [-0.39, 0.29) is 45.1 Å². The van der Waals surface area contributed by atoms with Crippen LogP contribution in [0, 0.1) is 0 Å². The smallest absolute Gasteiger partial charge is 0.326 e. The predicted octanol–water partition coefficient (Wildman–Crippen LogP) is 4.86. The highest BCUT2D eigenvalue weighted by Gasteiger charge is 2.33. The minimum absolute atomic E-state index is 0.0243. The third-order valence-electron chi connectivity index (χ3n) is 9.23. The summed E-state index contributed by atoms with van der Waals surface area (Å²) in [6.45, 7) is 4.67. The monoisotopic (exact) mass is 709 g/mol. The van der Waals surface area contributed by atoms with Crippen LogP contribution in [0.2, 0.25) is 0 Å². The van der Waals surface area contributed by atoms with Gasteiger partial charge in [0.1, 0.15) is 42.8 Å². The molecule has 1 aliphatic heterocycles. The number of carboxylic acids is 1. The number of nitrogens with two attached hydrogens (primary N) is 2. The summed E-state index contributed by atoms with van der Waals surface area (Å²) in [6.07, 6.45) is 13.0. The van der Waals surface area contributed by atoms with Gasteiger partial charge in [-0.3, -0.25) is 14.4 Å². The number of nitrogens with one attached hydrogen (secondary N) is 2. The number of nitrogens with zero attached hydrogens (tertiary/aromatic N) is 1. The summed E-state index contributed by atoms with van der Waals surface area (Å²) in [6, 6.07) is 7.04. The summed E-state index contributed by atoms with van der Waals surface area (Å²) in [5.74, 6) is -1.72. The van der Waals surface area contributed by atoms with Crippen molar-refractivity contribution in [1.82, 2.24) is 15.5 Å². The van der Waals surface area contributed by atoms with E-state index in [1.807, 2.05) is 0 Å². The second kappa shape index (κ2) is 21.9. The average Bonchev–Trinajstić information content (AvgIpc) is 3.11. The first-order valence-electron chi connectivity index (χ1n) is 18.6. The molecule has 0 fully saturated rings. The van der Waals surface area contributed by atoms with E-state index in [0.717, 1.165) is 19.3 Å². The number of amides is 3. The van der Waals surface area contributed by atoms with Gasteiger partial charge in [-0.1, -0.05) is 83.3 Å². The number of hydrogen-bond donors (Lipinski definition) is 5. The fraction of sp³-hybridized carbons (Fsp3) is 0.590. The summed E-state index contributed by atoms with van der Waals surface area (Å²) in [7, 11) is 1.59. The van der Waals surface area contributed by atoms with E-state index < -0.39 is 35.9 Å². The molecule has 3 atom stereocenters. The molecule has 0 unspecified atom stereocenters. The van der Waals surface area contributed by atoms with Gasteiger partial charge in [0.15, 0.2) is 0 Å². The summed E-state index contributed by atoms with van der Waals surface area (Å²) >= 11 is 0. The van der Waals surface area contributed by atoms with Crippen LogP contribution in [0.1, 0.15) is 108 Å². The molecular formula is C39H59N5O7. The summed E-state index contributed by atoms with van der Waals surface area (Å²) in [5.41, 5.74) is 13.8. The number of fused-ring (bicyclic) bond motifs is 5. The minimum atomic E-state index is -1.27. The van der Waals surface area contributed by atoms with Crippen LogP contribution in [0.5, 0.6) is 11.5 Å². The number of carbonyl (C=O) groups is 4. The Bertz CT molecular complexity index is 1430. The SMILES string of the molecule is CCCCCCCCCCCCCC(=O)N(C)[C@@H]1C(=O)N[C@@H](C)C(=O)N[C@H](C(=O)O)Cc2ccc(OCCN)c(c2)-c2cc1ccc2OCCN. The molecule has 12 heteroatoms. The number of likely N-dealkylation sites (N-methyl/N-ethyl adjacent to an activating group) is 1. The van der Waals surface area contributed by atoms with Crippen molar-refractivity contribution in [2.24, 2.45) is 11.5 Å². The zero-order chi connectivity index (χ0) is 37.2. The van der Waals surface area contributed by atoms with Crippen molar-refractivity contribution >= 4 is 23.7 Å². The molecule has 2 aromatic carbocycles. The maximum atomic E-state index is 14.0. The van der Waals surface area contributed by atoms with Crippen molar-refractivity contribution in [3.05, 3.63) is 47.5 Å². The normalized spacial score (nSPS) is 17.5. The van der Waals surface area contributed by atoms with E-state index in [1.165, 1.54) is 56.8 Å². The third kappa shape index (κ3) is 12.8. The lowest BCUT2D eigenvalue weighted by atomic mass is 9.93. The molecule has 1 aliphatic rings. The third-order valence-corrected chi connectivity index (χ3v) is 9.23. The molecule has 0 radical (unpaired) electrons. The van der Waals surface area contributed by atoms with E-state index >= 15 is 0 Å². The standard InChI is InChI=1S/C39H59N5O7/c1-4-5-6-7-8-9-10-11-12-13-14-15-35(45)44(3)36-29-17-19-34(51-23-21-41)31(26-29)30-24-28(16-18-33(30)50-22-20-40)25-32(39(48)49)43-37(46)27(2)42-38(36)47/h16-19,24,26-27,32,36H,4-15,20-23,25,40-41H2,1-3H3,(H,42,47)(H,43,46)(H,48,49)/t27-,32-,36-/m0/s1. The van der Waals surface area contributed by atoms with E-state index in [2.05, 4.69) is 17.6 Å². The van der Waals surface area contributed by atoms with Crippen molar-refractivity contribution in [2.45, 2.75) is 115 Å². The fourth-order valence-electron chi connectivity index (χ4n) is 6.33.